The summed E-state index contributed by atoms with van der Waals surface area (Å²) in [6.07, 6.45) is 3.28. The highest BCUT2D eigenvalue weighted by atomic mass is 17.2. The molecule has 0 spiro atoms. The van der Waals surface area contributed by atoms with E-state index < -0.39 is 0 Å². The highest BCUT2D eigenvalue weighted by Crippen LogP contribution is 2.06. The first-order valence-electron chi connectivity index (χ1n) is 4.27. The molecule has 4 heteroatoms. The number of hydrogen-bond acceptors (Lipinski definition) is 4. The molecule has 0 aromatic carbocycles. The maximum absolute atomic E-state index is 4.88. The van der Waals surface area contributed by atoms with Gasteiger partial charge in [-0.3, -0.25) is 0 Å². The second kappa shape index (κ2) is 10.1. The van der Waals surface area contributed by atoms with Gasteiger partial charge in [0.1, 0.15) is 0 Å². The Kier molecular flexibility index (Phi) is 11.1. The molecule has 0 aliphatic rings. The first kappa shape index (κ1) is 15.5. The van der Waals surface area contributed by atoms with E-state index in [9.17, 15) is 0 Å². The number of rotatable bonds is 4. The van der Waals surface area contributed by atoms with Crippen molar-refractivity contribution >= 4 is 0 Å². The van der Waals surface area contributed by atoms with E-state index >= 15 is 0 Å². The fourth-order valence-electron chi connectivity index (χ4n) is 0.284. The summed E-state index contributed by atoms with van der Waals surface area (Å²) in [5, 5.41) is 7.03. The fraction of sp³-hybridized carbons (Fsp3) is 0.600. The number of hydrogen-bond donors (Lipinski definition) is 0. The van der Waals surface area contributed by atoms with Gasteiger partial charge in [-0.05, 0) is 20.8 Å². The van der Waals surface area contributed by atoms with Gasteiger partial charge >= 0.3 is 0 Å². The standard InChI is InChI=1S/C6H14N2O2.C4H6/c1-6(2,3)10-9-5-8-7-4;1-3-4-2/h5H2,1-4H3;3-4H,1-2H2. The van der Waals surface area contributed by atoms with E-state index in [0.717, 1.165) is 0 Å². The SMILES string of the molecule is C=CC=C.CN=NCOOC(C)(C)C. The summed E-state index contributed by atoms with van der Waals surface area (Å²) in [6, 6.07) is 0. The topological polar surface area (TPSA) is 43.2 Å². The minimum absolute atomic E-state index is 0.160. The molecule has 14 heavy (non-hydrogen) atoms. The van der Waals surface area contributed by atoms with E-state index in [-0.39, 0.29) is 12.3 Å². The zero-order valence-electron chi connectivity index (χ0n) is 9.49. The van der Waals surface area contributed by atoms with Crippen LogP contribution in [0.2, 0.25) is 0 Å². The van der Waals surface area contributed by atoms with Gasteiger partial charge in [0.15, 0.2) is 6.73 Å². The average molecular weight is 200 g/mol. The zero-order valence-corrected chi connectivity index (χ0v) is 9.49. The Morgan fingerprint density at radius 1 is 1.21 bits per heavy atom. The summed E-state index contributed by atoms with van der Waals surface area (Å²) in [6.45, 7) is 12.6. The number of allylic oxidation sites excluding steroid dienone is 2. The molecular formula is C10H20N2O2. The van der Waals surface area contributed by atoms with Crippen LogP contribution in [0.1, 0.15) is 20.8 Å². The van der Waals surface area contributed by atoms with E-state index in [0.29, 0.717) is 0 Å². The third-order valence-electron chi connectivity index (χ3n) is 0.727. The molecule has 0 amide bonds. The molecule has 0 heterocycles. The van der Waals surface area contributed by atoms with E-state index in [4.69, 9.17) is 4.89 Å². The van der Waals surface area contributed by atoms with Crippen LogP contribution in [0.15, 0.2) is 35.5 Å². The first-order valence-corrected chi connectivity index (χ1v) is 4.27. The Morgan fingerprint density at radius 2 is 1.71 bits per heavy atom. The van der Waals surface area contributed by atoms with Crippen LogP contribution < -0.4 is 0 Å². The van der Waals surface area contributed by atoms with Crippen molar-refractivity contribution in [3.8, 4) is 0 Å². The van der Waals surface area contributed by atoms with E-state index in [2.05, 4.69) is 28.3 Å². The fourth-order valence-corrected chi connectivity index (χ4v) is 0.284. The van der Waals surface area contributed by atoms with Crippen molar-refractivity contribution in [1.82, 2.24) is 0 Å². The molecule has 0 unspecified atom stereocenters. The molecule has 0 atom stereocenters. The summed E-state index contributed by atoms with van der Waals surface area (Å²) in [5.74, 6) is 0. The smallest absolute Gasteiger partial charge is 0.192 e. The van der Waals surface area contributed by atoms with E-state index in [1.54, 1.807) is 19.2 Å². The lowest BCUT2D eigenvalue weighted by Gasteiger charge is -2.15. The predicted octanol–water partition coefficient (Wildman–Crippen LogP) is 3.13. The highest BCUT2D eigenvalue weighted by Gasteiger charge is 2.10. The van der Waals surface area contributed by atoms with Crippen LogP contribution in [0.4, 0.5) is 0 Å². The Bertz CT molecular complexity index is 165. The van der Waals surface area contributed by atoms with Crippen molar-refractivity contribution in [3.63, 3.8) is 0 Å². The molecule has 0 aromatic rings. The van der Waals surface area contributed by atoms with Crippen LogP contribution in [-0.4, -0.2) is 19.4 Å². The number of nitrogens with zero attached hydrogens (tertiary/aromatic N) is 2. The molecule has 0 bridgehead atoms. The van der Waals surface area contributed by atoms with Gasteiger partial charge < -0.3 is 0 Å². The van der Waals surface area contributed by atoms with Crippen LogP contribution in [0.3, 0.4) is 0 Å². The molecule has 0 N–H and O–H groups in total. The molecule has 0 aliphatic carbocycles. The van der Waals surface area contributed by atoms with Gasteiger partial charge in [0.25, 0.3) is 0 Å². The molecule has 82 valence electrons. The van der Waals surface area contributed by atoms with E-state index in [1.807, 2.05) is 20.8 Å². The van der Waals surface area contributed by atoms with Gasteiger partial charge in [-0.2, -0.15) is 10.2 Å². The van der Waals surface area contributed by atoms with E-state index in [1.165, 1.54) is 0 Å². The minimum Gasteiger partial charge on any atom is -0.229 e. The normalized spacial score (nSPS) is 10.6. The molecule has 4 nitrogen and oxygen atoms in total. The molecule has 0 aliphatic heterocycles. The largest absolute Gasteiger partial charge is 0.229 e. The van der Waals surface area contributed by atoms with Crippen LogP contribution in [-0.2, 0) is 9.78 Å². The minimum atomic E-state index is -0.275. The molecular weight excluding hydrogens is 180 g/mol. The average Bonchev–Trinajstić information content (AvgIpc) is 2.11. The second-order valence-corrected chi connectivity index (χ2v) is 3.26. The Hall–Kier alpha value is -1.00. The van der Waals surface area contributed by atoms with Crippen LogP contribution in [0, 0.1) is 0 Å². The van der Waals surface area contributed by atoms with Gasteiger partial charge in [0, 0.05) is 7.05 Å². The van der Waals surface area contributed by atoms with Gasteiger partial charge in [-0.1, -0.05) is 25.3 Å². The first-order chi connectivity index (χ1) is 6.47. The van der Waals surface area contributed by atoms with Crippen molar-refractivity contribution < 1.29 is 9.78 Å². The molecule has 0 fully saturated rings. The summed E-state index contributed by atoms with van der Waals surface area (Å²) in [7, 11) is 1.58. The number of azo groups is 1. The zero-order chi connectivity index (χ0) is 11.4. The molecule has 0 rings (SSSR count). The summed E-state index contributed by atoms with van der Waals surface area (Å²) < 4.78 is 0. The van der Waals surface area contributed by atoms with Crippen LogP contribution in [0.5, 0.6) is 0 Å². The summed E-state index contributed by atoms with van der Waals surface area (Å²) in [5.41, 5.74) is -0.275. The molecule has 0 saturated heterocycles. The van der Waals surface area contributed by atoms with Crippen molar-refractivity contribution in [1.29, 1.82) is 0 Å². The lowest BCUT2D eigenvalue weighted by atomic mass is 10.2. The van der Waals surface area contributed by atoms with Gasteiger partial charge in [-0.15, -0.1) is 0 Å². The monoisotopic (exact) mass is 200 g/mol. The molecule has 0 saturated carbocycles. The lowest BCUT2D eigenvalue weighted by molar-refractivity contribution is -0.347. The quantitative estimate of drug-likeness (QED) is 0.230. The van der Waals surface area contributed by atoms with Crippen LogP contribution >= 0.6 is 0 Å². The van der Waals surface area contributed by atoms with Crippen molar-refractivity contribution in [2.75, 3.05) is 13.8 Å². The third-order valence-corrected chi connectivity index (χ3v) is 0.727. The van der Waals surface area contributed by atoms with Gasteiger partial charge in [0.2, 0.25) is 0 Å². The maximum Gasteiger partial charge on any atom is 0.192 e. The highest BCUT2D eigenvalue weighted by molar-refractivity contribution is 4.88. The summed E-state index contributed by atoms with van der Waals surface area (Å²) in [4.78, 5) is 9.56. The maximum atomic E-state index is 4.88. The molecule has 0 aromatic heterocycles. The van der Waals surface area contributed by atoms with Crippen LogP contribution in [0.25, 0.3) is 0 Å². The third kappa shape index (κ3) is 22.4. The van der Waals surface area contributed by atoms with Gasteiger partial charge in [0.05, 0.1) is 5.60 Å². The Morgan fingerprint density at radius 3 is 2.00 bits per heavy atom. The Labute approximate surface area is 86.3 Å². The van der Waals surface area contributed by atoms with Crippen molar-refractivity contribution in [2.45, 2.75) is 26.4 Å². The Balaban J connectivity index is 0. The lowest BCUT2D eigenvalue weighted by Crippen LogP contribution is -2.19. The second-order valence-electron chi connectivity index (χ2n) is 3.26. The summed E-state index contributed by atoms with van der Waals surface area (Å²) >= 11 is 0. The van der Waals surface area contributed by atoms with Crippen molar-refractivity contribution in [2.24, 2.45) is 10.2 Å². The predicted molar refractivity (Wildman–Crippen MR) is 58.0 cm³/mol. The van der Waals surface area contributed by atoms with Crippen molar-refractivity contribution in [3.05, 3.63) is 25.3 Å². The van der Waals surface area contributed by atoms with Gasteiger partial charge in [-0.25, -0.2) is 9.78 Å². The molecule has 0 radical (unpaired) electrons.